The molecule has 3 nitrogen and oxygen atoms in total. The van der Waals surface area contributed by atoms with Gasteiger partial charge in [0.05, 0.1) is 0 Å². The lowest BCUT2D eigenvalue weighted by Gasteiger charge is -2.38. The van der Waals surface area contributed by atoms with Crippen molar-refractivity contribution in [3.63, 3.8) is 0 Å². The molecular formula is C22H30FN3. The van der Waals surface area contributed by atoms with Crippen molar-refractivity contribution in [2.75, 3.05) is 46.3 Å². The van der Waals surface area contributed by atoms with Crippen LogP contribution in [0.5, 0.6) is 0 Å². The first-order valence-electron chi connectivity index (χ1n) is 9.57. The minimum absolute atomic E-state index is 0.168. The van der Waals surface area contributed by atoms with Gasteiger partial charge in [-0.2, -0.15) is 0 Å². The molecule has 4 heteroatoms. The minimum Gasteiger partial charge on any atom is -0.314 e. The lowest BCUT2D eigenvalue weighted by Crippen LogP contribution is -2.48. The number of likely N-dealkylation sites (N-methyl/N-ethyl adjacent to an activating group) is 1. The summed E-state index contributed by atoms with van der Waals surface area (Å²) in [4.78, 5) is 4.89. The van der Waals surface area contributed by atoms with Gasteiger partial charge in [-0.15, -0.1) is 0 Å². The zero-order valence-electron chi connectivity index (χ0n) is 15.9. The molecule has 1 atom stereocenters. The molecule has 1 aliphatic heterocycles. The van der Waals surface area contributed by atoms with Gasteiger partial charge in [0, 0.05) is 38.8 Å². The van der Waals surface area contributed by atoms with E-state index in [4.69, 9.17) is 0 Å². The van der Waals surface area contributed by atoms with Crippen molar-refractivity contribution < 1.29 is 4.39 Å². The van der Waals surface area contributed by atoms with Gasteiger partial charge in [-0.3, -0.25) is 4.90 Å². The molecule has 140 valence electrons. The van der Waals surface area contributed by atoms with Crippen molar-refractivity contribution in [2.24, 2.45) is 0 Å². The van der Waals surface area contributed by atoms with Crippen molar-refractivity contribution in [3.05, 3.63) is 71.0 Å². The average molecular weight is 356 g/mol. The van der Waals surface area contributed by atoms with Gasteiger partial charge in [0.15, 0.2) is 0 Å². The fraction of sp³-hybridized carbons (Fsp3) is 0.455. The van der Waals surface area contributed by atoms with Crippen LogP contribution in [0.1, 0.15) is 22.7 Å². The van der Waals surface area contributed by atoms with Gasteiger partial charge >= 0.3 is 0 Å². The number of rotatable bonds is 7. The van der Waals surface area contributed by atoms with Crippen LogP contribution < -0.4 is 5.32 Å². The molecule has 2 aromatic carbocycles. The third-order valence-corrected chi connectivity index (χ3v) is 5.40. The highest BCUT2D eigenvalue weighted by atomic mass is 19.1. The predicted octanol–water partition coefficient (Wildman–Crippen LogP) is 3.25. The highest BCUT2D eigenvalue weighted by Gasteiger charge is 2.23. The molecule has 0 aliphatic carbocycles. The lowest BCUT2D eigenvalue weighted by molar-refractivity contribution is 0.110. The number of nitrogens with zero attached hydrogens (tertiary/aromatic N) is 2. The van der Waals surface area contributed by atoms with Crippen LogP contribution in [0.25, 0.3) is 0 Å². The predicted molar refractivity (Wildman–Crippen MR) is 106 cm³/mol. The van der Waals surface area contributed by atoms with E-state index >= 15 is 0 Å². The van der Waals surface area contributed by atoms with Gasteiger partial charge in [-0.05, 0) is 55.8 Å². The van der Waals surface area contributed by atoms with E-state index in [1.807, 2.05) is 12.1 Å². The Bertz CT molecular complexity index is 678. The first kappa shape index (κ1) is 19.0. The number of aryl methyl sites for hydroxylation is 1. The van der Waals surface area contributed by atoms with Crippen LogP contribution in [0.4, 0.5) is 4.39 Å². The van der Waals surface area contributed by atoms with E-state index in [-0.39, 0.29) is 5.82 Å². The molecule has 1 N–H and O–H groups in total. The molecule has 1 fully saturated rings. The maximum atomic E-state index is 13.3. The van der Waals surface area contributed by atoms with Crippen molar-refractivity contribution in [2.45, 2.75) is 19.4 Å². The number of hydrogen-bond donors (Lipinski definition) is 1. The summed E-state index contributed by atoms with van der Waals surface area (Å²) in [6.45, 7) is 8.29. The lowest BCUT2D eigenvalue weighted by atomic mass is 10.0. The number of halogens is 1. The zero-order chi connectivity index (χ0) is 18.4. The molecule has 0 spiro atoms. The molecule has 1 unspecified atom stereocenters. The van der Waals surface area contributed by atoms with E-state index in [0.717, 1.165) is 45.7 Å². The highest BCUT2D eigenvalue weighted by Crippen LogP contribution is 2.22. The molecule has 26 heavy (non-hydrogen) atoms. The highest BCUT2D eigenvalue weighted by molar-refractivity contribution is 5.26. The number of hydrogen-bond acceptors (Lipinski definition) is 3. The summed E-state index contributed by atoms with van der Waals surface area (Å²) in [5.41, 5.74) is 3.95. The Kier molecular flexibility index (Phi) is 6.78. The van der Waals surface area contributed by atoms with Crippen LogP contribution in [0.2, 0.25) is 0 Å². The summed E-state index contributed by atoms with van der Waals surface area (Å²) in [5, 5.41) is 3.63. The Morgan fingerprint density at radius 2 is 1.69 bits per heavy atom. The zero-order valence-corrected chi connectivity index (χ0v) is 15.9. The van der Waals surface area contributed by atoms with Crippen molar-refractivity contribution in [3.8, 4) is 0 Å². The van der Waals surface area contributed by atoms with Gasteiger partial charge in [0.25, 0.3) is 0 Å². The smallest absolute Gasteiger partial charge is 0.123 e. The Labute approximate surface area is 156 Å². The number of piperazine rings is 1. The fourth-order valence-corrected chi connectivity index (χ4v) is 3.63. The van der Waals surface area contributed by atoms with Crippen molar-refractivity contribution in [1.29, 1.82) is 0 Å². The van der Waals surface area contributed by atoms with Gasteiger partial charge in [-0.1, -0.05) is 36.4 Å². The second kappa shape index (κ2) is 9.26. The summed E-state index contributed by atoms with van der Waals surface area (Å²) < 4.78 is 13.3. The van der Waals surface area contributed by atoms with Gasteiger partial charge < -0.3 is 10.2 Å². The van der Waals surface area contributed by atoms with Gasteiger partial charge in [0.2, 0.25) is 0 Å². The Balaban J connectivity index is 1.60. The summed E-state index contributed by atoms with van der Waals surface area (Å²) in [5.74, 6) is -0.168. The quantitative estimate of drug-likeness (QED) is 0.769. The first-order valence-corrected chi connectivity index (χ1v) is 9.57. The Morgan fingerprint density at radius 3 is 2.38 bits per heavy atom. The molecule has 1 saturated heterocycles. The van der Waals surface area contributed by atoms with Crippen LogP contribution in [-0.4, -0.2) is 56.1 Å². The van der Waals surface area contributed by atoms with Gasteiger partial charge in [-0.25, -0.2) is 4.39 Å². The first-order chi connectivity index (χ1) is 12.6. The largest absolute Gasteiger partial charge is 0.314 e. The van der Waals surface area contributed by atoms with E-state index < -0.39 is 0 Å². The molecule has 3 rings (SSSR count). The molecule has 2 aromatic rings. The van der Waals surface area contributed by atoms with Crippen LogP contribution in [-0.2, 0) is 6.42 Å². The van der Waals surface area contributed by atoms with E-state index in [2.05, 4.69) is 53.4 Å². The minimum atomic E-state index is -0.168. The number of nitrogens with one attached hydrogen (secondary N) is 1. The number of benzene rings is 2. The second-order valence-electron chi connectivity index (χ2n) is 7.29. The van der Waals surface area contributed by atoms with Crippen LogP contribution in [0.15, 0.2) is 48.5 Å². The van der Waals surface area contributed by atoms with E-state index in [1.54, 1.807) is 12.1 Å². The molecule has 0 aromatic heterocycles. The Hall–Kier alpha value is -1.75. The summed E-state index contributed by atoms with van der Waals surface area (Å²) in [6, 6.07) is 15.9. The van der Waals surface area contributed by atoms with Crippen LogP contribution in [0.3, 0.4) is 0 Å². The van der Waals surface area contributed by atoms with Crippen molar-refractivity contribution in [1.82, 2.24) is 15.1 Å². The molecule has 1 aliphatic rings. The SMILES string of the molecule is Cc1ccccc1CCNCC(c1ccc(F)cc1)N1CCN(C)CC1. The van der Waals surface area contributed by atoms with Crippen LogP contribution in [0, 0.1) is 12.7 Å². The molecular weight excluding hydrogens is 325 g/mol. The van der Waals surface area contributed by atoms with E-state index in [9.17, 15) is 4.39 Å². The third-order valence-electron chi connectivity index (χ3n) is 5.40. The topological polar surface area (TPSA) is 18.5 Å². The maximum absolute atomic E-state index is 13.3. The summed E-state index contributed by atoms with van der Waals surface area (Å²) in [6.07, 6.45) is 1.03. The normalized spacial score (nSPS) is 17.3. The summed E-state index contributed by atoms with van der Waals surface area (Å²) >= 11 is 0. The monoisotopic (exact) mass is 355 g/mol. The molecule has 1 heterocycles. The summed E-state index contributed by atoms with van der Waals surface area (Å²) in [7, 11) is 2.17. The van der Waals surface area contributed by atoms with Gasteiger partial charge in [0.1, 0.15) is 5.82 Å². The standard InChI is InChI=1S/C22H30FN3/c1-18-5-3-4-6-19(18)11-12-24-17-22(20-7-9-21(23)10-8-20)26-15-13-25(2)14-16-26/h3-10,22,24H,11-17H2,1-2H3. The van der Waals surface area contributed by atoms with Crippen molar-refractivity contribution >= 4 is 0 Å². The molecule has 0 amide bonds. The molecule has 0 bridgehead atoms. The maximum Gasteiger partial charge on any atom is 0.123 e. The fourth-order valence-electron chi connectivity index (χ4n) is 3.63. The third kappa shape index (κ3) is 5.13. The van der Waals surface area contributed by atoms with E-state index in [1.165, 1.54) is 16.7 Å². The van der Waals surface area contributed by atoms with Crippen LogP contribution >= 0.6 is 0 Å². The molecule has 0 radical (unpaired) electrons. The van der Waals surface area contributed by atoms with E-state index in [0.29, 0.717) is 6.04 Å². The second-order valence-corrected chi connectivity index (χ2v) is 7.29. The molecule has 0 saturated carbocycles. The average Bonchev–Trinajstić information content (AvgIpc) is 2.65. The Morgan fingerprint density at radius 1 is 1.00 bits per heavy atom.